The second-order valence-corrected chi connectivity index (χ2v) is 10.6. The maximum atomic E-state index is 14.6. The molecule has 2 aliphatic rings. The first-order valence-electron chi connectivity index (χ1n) is 12.9. The van der Waals surface area contributed by atoms with Crippen molar-refractivity contribution in [1.29, 1.82) is 0 Å². The van der Waals surface area contributed by atoms with Crippen LogP contribution in [0, 0.1) is 11.6 Å². The number of halogens is 2. The Balaban J connectivity index is 1.58. The molecule has 8 nitrogen and oxygen atoms in total. The summed E-state index contributed by atoms with van der Waals surface area (Å²) in [7, 11) is 0. The van der Waals surface area contributed by atoms with E-state index in [1.54, 1.807) is 30.3 Å². The molecule has 0 bridgehead atoms. The fourth-order valence-corrected chi connectivity index (χ4v) is 4.52. The fourth-order valence-electron chi connectivity index (χ4n) is 4.52. The molecule has 1 N–H and O–H groups in total. The van der Waals surface area contributed by atoms with Crippen molar-refractivity contribution in [2.75, 3.05) is 45.9 Å². The Hall–Kier alpha value is -3.37. The maximum absolute atomic E-state index is 14.6. The summed E-state index contributed by atoms with van der Waals surface area (Å²) < 4.78 is 33.6. The van der Waals surface area contributed by atoms with E-state index in [9.17, 15) is 18.4 Å². The number of hydrogen-bond donors (Lipinski definition) is 1. The lowest BCUT2D eigenvalue weighted by molar-refractivity contribution is -0.133. The number of benzene rings is 2. The van der Waals surface area contributed by atoms with Crippen LogP contribution in [0.5, 0.6) is 0 Å². The lowest BCUT2D eigenvalue weighted by Gasteiger charge is -2.32. The van der Waals surface area contributed by atoms with Crippen LogP contribution >= 0.6 is 0 Å². The predicted molar refractivity (Wildman–Crippen MR) is 141 cm³/mol. The Morgan fingerprint density at radius 1 is 1.08 bits per heavy atom. The molecule has 2 heterocycles. The van der Waals surface area contributed by atoms with E-state index >= 15 is 0 Å². The monoisotopic (exact) mass is 527 g/mol. The van der Waals surface area contributed by atoms with Crippen molar-refractivity contribution in [3.05, 3.63) is 71.3 Å². The minimum Gasteiger partial charge on any atom is -0.379 e. The van der Waals surface area contributed by atoms with Gasteiger partial charge in [0.1, 0.15) is 18.2 Å². The molecule has 0 saturated carbocycles. The highest BCUT2D eigenvalue weighted by atomic mass is 19.1. The van der Waals surface area contributed by atoms with Crippen molar-refractivity contribution >= 4 is 17.6 Å². The Morgan fingerprint density at radius 3 is 2.42 bits per heavy atom. The number of morpholine rings is 1. The molecule has 0 radical (unpaired) electrons. The molecular weight excluding hydrogens is 492 g/mol. The van der Waals surface area contributed by atoms with Crippen LogP contribution in [0.4, 0.5) is 13.6 Å². The van der Waals surface area contributed by atoms with Crippen molar-refractivity contribution < 1.29 is 23.1 Å². The second kappa shape index (κ2) is 12.0. The Labute approximate surface area is 222 Å². The van der Waals surface area contributed by atoms with Crippen LogP contribution in [0.15, 0.2) is 53.6 Å². The number of amides is 3. The van der Waals surface area contributed by atoms with Gasteiger partial charge in [0.2, 0.25) is 0 Å². The van der Waals surface area contributed by atoms with E-state index in [-0.39, 0.29) is 19.0 Å². The summed E-state index contributed by atoms with van der Waals surface area (Å²) in [4.78, 5) is 30.5. The quantitative estimate of drug-likeness (QED) is 0.595. The van der Waals surface area contributed by atoms with E-state index in [2.05, 4.69) is 15.3 Å². The molecule has 0 spiro atoms. The van der Waals surface area contributed by atoms with Crippen molar-refractivity contribution in [2.24, 2.45) is 5.10 Å². The van der Waals surface area contributed by atoms with Crippen molar-refractivity contribution in [3.8, 4) is 0 Å². The van der Waals surface area contributed by atoms with Gasteiger partial charge in [-0.05, 0) is 44.5 Å². The SMILES string of the molecule is CC(C)(C)NC(=O)N(CCN1CCOCC1)CC(=O)N1N=C(c2ccccc2F)CC1c1ccc(F)cc1. The third kappa shape index (κ3) is 7.14. The zero-order valence-electron chi connectivity index (χ0n) is 22.1. The van der Waals surface area contributed by atoms with Gasteiger partial charge in [-0.25, -0.2) is 18.6 Å². The van der Waals surface area contributed by atoms with Crippen LogP contribution in [-0.2, 0) is 9.53 Å². The van der Waals surface area contributed by atoms with E-state index in [4.69, 9.17) is 4.74 Å². The lowest BCUT2D eigenvalue weighted by atomic mass is 9.98. The molecule has 10 heteroatoms. The van der Waals surface area contributed by atoms with Gasteiger partial charge in [0.15, 0.2) is 0 Å². The molecule has 1 saturated heterocycles. The molecule has 2 aromatic carbocycles. The summed E-state index contributed by atoms with van der Waals surface area (Å²) in [6.07, 6.45) is 0.264. The highest BCUT2D eigenvalue weighted by Gasteiger charge is 2.35. The normalized spacial score (nSPS) is 18.3. The van der Waals surface area contributed by atoms with E-state index in [0.717, 1.165) is 13.1 Å². The molecule has 3 amide bonds. The fraction of sp³-hybridized carbons (Fsp3) is 0.464. The molecule has 204 valence electrons. The number of nitrogens with one attached hydrogen (secondary N) is 1. The van der Waals surface area contributed by atoms with Crippen LogP contribution in [-0.4, -0.2) is 83.9 Å². The molecule has 1 atom stereocenters. The van der Waals surface area contributed by atoms with Gasteiger partial charge in [-0.15, -0.1) is 0 Å². The van der Waals surface area contributed by atoms with Gasteiger partial charge in [-0.3, -0.25) is 9.69 Å². The third-order valence-electron chi connectivity index (χ3n) is 6.49. The van der Waals surface area contributed by atoms with Gasteiger partial charge in [-0.1, -0.05) is 30.3 Å². The molecule has 4 rings (SSSR count). The summed E-state index contributed by atoms with van der Waals surface area (Å²) >= 11 is 0. The van der Waals surface area contributed by atoms with Gasteiger partial charge in [-0.2, -0.15) is 5.10 Å². The average Bonchev–Trinajstić information content (AvgIpc) is 3.32. The van der Waals surface area contributed by atoms with Gasteiger partial charge in [0.25, 0.3) is 5.91 Å². The first-order chi connectivity index (χ1) is 18.1. The largest absolute Gasteiger partial charge is 0.379 e. The molecular formula is C28H35F2N5O3. The van der Waals surface area contributed by atoms with Crippen LogP contribution < -0.4 is 5.32 Å². The van der Waals surface area contributed by atoms with Crippen LogP contribution in [0.3, 0.4) is 0 Å². The summed E-state index contributed by atoms with van der Waals surface area (Å²) in [5.74, 6) is -1.24. The number of hydrazone groups is 1. The average molecular weight is 528 g/mol. The Bertz CT molecular complexity index is 1160. The maximum Gasteiger partial charge on any atom is 0.318 e. The lowest BCUT2D eigenvalue weighted by Crippen LogP contribution is -2.53. The molecule has 1 unspecified atom stereocenters. The number of hydrogen-bond acceptors (Lipinski definition) is 5. The van der Waals surface area contributed by atoms with Gasteiger partial charge in [0.05, 0.1) is 25.0 Å². The van der Waals surface area contributed by atoms with E-state index in [0.29, 0.717) is 43.1 Å². The molecule has 38 heavy (non-hydrogen) atoms. The number of carbonyl (C=O) groups is 2. The summed E-state index contributed by atoms with van der Waals surface area (Å²) in [5.41, 5.74) is 0.917. The number of urea groups is 1. The van der Waals surface area contributed by atoms with E-state index in [1.807, 2.05) is 20.8 Å². The number of rotatable bonds is 7. The molecule has 0 aromatic heterocycles. The Morgan fingerprint density at radius 2 is 1.76 bits per heavy atom. The third-order valence-corrected chi connectivity index (χ3v) is 6.49. The zero-order chi connectivity index (χ0) is 27.3. The standard InChI is InChI=1S/C28H35F2N5O3/c1-28(2,3)31-27(37)34(13-12-33-14-16-38-17-15-33)19-26(36)35-25(20-8-10-21(29)11-9-20)18-24(32-35)22-6-4-5-7-23(22)30/h4-11,25H,12-19H2,1-3H3,(H,31,37). The van der Waals surface area contributed by atoms with Crippen molar-refractivity contribution in [3.63, 3.8) is 0 Å². The number of nitrogens with zero attached hydrogens (tertiary/aromatic N) is 4. The minimum absolute atomic E-state index is 0.210. The van der Waals surface area contributed by atoms with E-state index < -0.39 is 29.1 Å². The van der Waals surface area contributed by atoms with Crippen molar-refractivity contribution in [1.82, 2.24) is 20.1 Å². The second-order valence-electron chi connectivity index (χ2n) is 10.6. The molecule has 0 aliphatic carbocycles. The Kier molecular flexibility index (Phi) is 8.73. The zero-order valence-corrected chi connectivity index (χ0v) is 22.1. The van der Waals surface area contributed by atoms with E-state index in [1.165, 1.54) is 28.1 Å². The molecule has 1 fully saturated rings. The number of carbonyl (C=O) groups excluding carboxylic acids is 2. The number of ether oxygens (including phenoxy) is 1. The smallest absolute Gasteiger partial charge is 0.318 e. The minimum atomic E-state index is -0.551. The van der Waals surface area contributed by atoms with Crippen LogP contribution in [0.25, 0.3) is 0 Å². The predicted octanol–water partition coefficient (Wildman–Crippen LogP) is 3.78. The topological polar surface area (TPSA) is 77.5 Å². The highest BCUT2D eigenvalue weighted by Crippen LogP contribution is 2.33. The molecule has 2 aromatic rings. The summed E-state index contributed by atoms with van der Waals surface area (Å²) in [6, 6.07) is 11.2. The summed E-state index contributed by atoms with van der Waals surface area (Å²) in [6.45, 7) is 9.15. The van der Waals surface area contributed by atoms with Gasteiger partial charge in [0, 0.05) is 43.7 Å². The molecule has 2 aliphatic heterocycles. The summed E-state index contributed by atoms with van der Waals surface area (Å²) in [5, 5.41) is 8.76. The van der Waals surface area contributed by atoms with Crippen molar-refractivity contribution in [2.45, 2.75) is 38.8 Å². The van der Waals surface area contributed by atoms with Crippen LogP contribution in [0.2, 0.25) is 0 Å². The first kappa shape index (κ1) is 27.7. The van der Waals surface area contributed by atoms with Gasteiger partial charge >= 0.3 is 6.03 Å². The first-order valence-corrected chi connectivity index (χ1v) is 12.9. The highest BCUT2D eigenvalue weighted by molar-refractivity contribution is 6.03. The van der Waals surface area contributed by atoms with Crippen LogP contribution in [0.1, 0.15) is 44.4 Å². The van der Waals surface area contributed by atoms with Gasteiger partial charge < -0.3 is 15.0 Å².